The summed E-state index contributed by atoms with van der Waals surface area (Å²) in [5.74, 6) is 2.31. The summed E-state index contributed by atoms with van der Waals surface area (Å²) in [6.07, 6.45) is 0. The number of nitrogens with zero attached hydrogens (tertiary/aromatic N) is 2. The van der Waals surface area contributed by atoms with Gasteiger partial charge in [0.15, 0.2) is 0 Å². The molecule has 0 aliphatic rings. The van der Waals surface area contributed by atoms with Crippen molar-refractivity contribution in [1.82, 2.24) is 15.5 Å². The molecule has 0 amide bonds. The van der Waals surface area contributed by atoms with Crippen molar-refractivity contribution in [2.24, 2.45) is 0 Å². The van der Waals surface area contributed by atoms with Crippen molar-refractivity contribution >= 4 is 0 Å². The van der Waals surface area contributed by atoms with Gasteiger partial charge in [0.25, 0.3) is 5.89 Å². The third-order valence-electron chi connectivity index (χ3n) is 2.88. The first-order chi connectivity index (χ1) is 9.19. The van der Waals surface area contributed by atoms with E-state index in [0.717, 1.165) is 5.56 Å². The maximum Gasteiger partial charge on any atom is 0.251 e. The molecule has 1 N–H and O–H groups in total. The molecule has 1 aromatic carbocycles. The zero-order chi connectivity index (χ0) is 13.8. The van der Waals surface area contributed by atoms with Gasteiger partial charge in [0.2, 0.25) is 5.89 Å². The molecular weight excluding hydrogens is 246 g/mol. The van der Waals surface area contributed by atoms with Gasteiger partial charge in [-0.2, -0.15) is 0 Å². The largest absolute Gasteiger partial charge is 0.497 e. The van der Waals surface area contributed by atoms with E-state index < -0.39 is 0 Å². The van der Waals surface area contributed by atoms with Crippen LogP contribution >= 0.6 is 0 Å². The van der Waals surface area contributed by atoms with E-state index in [1.165, 1.54) is 0 Å². The number of hydrogen-bond acceptors (Lipinski definition) is 6. The average molecular weight is 263 g/mol. The van der Waals surface area contributed by atoms with Crippen LogP contribution in [0.2, 0.25) is 0 Å². The molecule has 1 atom stereocenters. The predicted octanol–water partition coefficient (Wildman–Crippen LogP) is 2.03. The van der Waals surface area contributed by atoms with Gasteiger partial charge in [-0.15, -0.1) is 10.2 Å². The van der Waals surface area contributed by atoms with Crippen LogP contribution in [0.25, 0.3) is 11.5 Å². The van der Waals surface area contributed by atoms with Crippen molar-refractivity contribution in [3.8, 4) is 23.0 Å². The zero-order valence-corrected chi connectivity index (χ0v) is 11.4. The van der Waals surface area contributed by atoms with Crippen LogP contribution in [0.4, 0.5) is 0 Å². The molecule has 0 aliphatic carbocycles. The molecule has 102 valence electrons. The Labute approximate surface area is 111 Å². The normalized spacial score (nSPS) is 12.2. The minimum atomic E-state index is 0.00509. The van der Waals surface area contributed by atoms with Gasteiger partial charge >= 0.3 is 0 Å². The number of hydrogen-bond donors (Lipinski definition) is 1. The lowest BCUT2D eigenvalue weighted by atomic mass is 10.2. The van der Waals surface area contributed by atoms with E-state index in [1.807, 2.05) is 26.1 Å². The third-order valence-corrected chi connectivity index (χ3v) is 2.88. The summed E-state index contributed by atoms with van der Waals surface area (Å²) in [6, 6.07) is 5.44. The SMILES string of the molecule is CNC(C)c1nnc(-c2ccc(OC)cc2OC)o1. The Balaban J connectivity index is 2.38. The monoisotopic (exact) mass is 263 g/mol. The molecular formula is C13H17N3O3. The topological polar surface area (TPSA) is 69.4 Å². The van der Waals surface area contributed by atoms with Gasteiger partial charge in [-0.25, -0.2) is 0 Å². The number of nitrogens with one attached hydrogen (secondary N) is 1. The first-order valence-electron chi connectivity index (χ1n) is 5.92. The Morgan fingerprint density at radius 3 is 2.63 bits per heavy atom. The summed E-state index contributed by atoms with van der Waals surface area (Å²) < 4.78 is 16.1. The van der Waals surface area contributed by atoms with Crippen molar-refractivity contribution in [2.45, 2.75) is 13.0 Å². The summed E-state index contributed by atoms with van der Waals surface area (Å²) in [6.45, 7) is 1.95. The summed E-state index contributed by atoms with van der Waals surface area (Å²) in [4.78, 5) is 0. The Morgan fingerprint density at radius 1 is 1.21 bits per heavy atom. The Kier molecular flexibility index (Phi) is 4.01. The second-order valence-corrected chi connectivity index (χ2v) is 4.02. The second-order valence-electron chi connectivity index (χ2n) is 4.02. The lowest BCUT2D eigenvalue weighted by molar-refractivity contribution is 0.393. The molecule has 0 aliphatic heterocycles. The zero-order valence-electron chi connectivity index (χ0n) is 11.4. The van der Waals surface area contributed by atoms with Crippen LogP contribution < -0.4 is 14.8 Å². The molecule has 0 radical (unpaired) electrons. The molecule has 1 unspecified atom stereocenters. The fourth-order valence-electron chi connectivity index (χ4n) is 1.62. The number of ether oxygens (including phenoxy) is 2. The predicted molar refractivity (Wildman–Crippen MR) is 70.3 cm³/mol. The molecule has 0 saturated carbocycles. The van der Waals surface area contributed by atoms with Crippen LogP contribution in [0.15, 0.2) is 22.6 Å². The van der Waals surface area contributed by atoms with Crippen LogP contribution in [0.5, 0.6) is 11.5 Å². The molecule has 19 heavy (non-hydrogen) atoms. The van der Waals surface area contributed by atoms with Crippen LogP contribution in [0, 0.1) is 0 Å². The number of rotatable bonds is 5. The first kappa shape index (κ1) is 13.4. The molecule has 0 bridgehead atoms. The van der Waals surface area contributed by atoms with E-state index in [2.05, 4.69) is 15.5 Å². The lowest BCUT2D eigenvalue weighted by Gasteiger charge is -2.07. The van der Waals surface area contributed by atoms with E-state index in [9.17, 15) is 0 Å². The molecule has 6 nitrogen and oxygen atoms in total. The van der Waals surface area contributed by atoms with Crippen molar-refractivity contribution in [2.75, 3.05) is 21.3 Å². The van der Waals surface area contributed by atoms with Crippen LogP contribution in [0.3, 0.4) is 0 Å². The van der Waals surface area contributed by atoms with Crippen molar-refractivity contribution < 1.29 is 13.9 Å². The minimum absolute atomic E-state index is 0.00509. The lowest BCUT2D eigenvalue weighted by Crippen LogP contribution is -2.12. The highest BCUT2D eigenvalue weighted by Gasteiger charge is 2.16. The van der Waals surface area contributed by atoms with Crippen LogP contribution in [-0.4, -0.2) is 31.5 Å². The van der Waals surface area contributed by atoms with Gasteiger partial charge in [-0.1, -0.05) is 0 Å². The van der Waals surface area contributed by atoms with Crippen LogP contribution in [-0.2, 0) is 0 Å². The van der Waals surface area contributed by atoms with Gasteiger partial charge < -0.3 is 19.2 Å². The molecule has 2 rings (SSSR count). The summed E-state index contributed by atoms with van der Waals surface area (Å²) in [5, 5.41) is 11.1. The number of methoxy groups -OCH3 is 2. The quantitative estimate of drug-likeness (QED) is 0.890. The van der Waals surface area contributed by atoms with Crippen molar-refractivity contribution in [1.29, 1.82) is 0 Å². The summed E-state index contributed by atoms with van der Waals surface area (Å²) in [7, 11) is 5.03. The second kappa shape index (κ2) is 5.71. The highest BCUT2D eigenvalue weighted by Crippen LogP contribution is 2.32. The van der Waals surface area contributed by atoms with Crippen molar-refractivity contribution in [3.05, 3.63) is 24.1 Å². The van der Waals surface area contributed by atoms with Gasteiger partial charge in [0, 0.05) is 6.07 Å². The standard InChI is InChI=1S/C13H17N3O3/c1-8(14-2)12-15-16-13(19-12)10-6-5-9(17-3)7-11(10)18-4/h5-8,14H,1-4H3. The fourth-order valence-corrected chi connectivity index (χ4v) is 1.62. The maximum absolute atomic E-state index is 5.63. The Hall–Kier alpha value is -2.08. The fraction of sp³-hybridized carbons (Fsp3) is 0.385. The van der Waals surface area contributed by atoms with Gasteiger partial charge in [0.05, 0.1) is 25.8 Å². The summed E-state index contributed by atoms with van der Waals surface area (Å²) >= 11 is 0. The van der Waals surface area contributed by atoms with Crippen LogP contribution in [0.1, 0.15) is 18.9 Å². The summed E-state index contributed by atoms with van der Waals surface area (Å²) in [5.41, 5.74) is 0.741. The van der Waals surface area contributed by atoms with Crippen molar-refractivity contribution in [3.63, 3.8) is 0 Å². The van der Waals surface area contributed by atoms with E-state index in [-0.39, 0.29) is 6.04 Å². The molecule has 0 fully saturated rings. The smallest absolute Gasteiger partial charge is 0.251 e. The molecule has 0 saturated heterocycles. The van der Waals surface area contributed by atoms with E-state index in [0.29, 0.717) is 23.3 Å². The molecule has 6 heteroatoms. The maximum atomic E-state index is 5.63. The highest BCUT2D eigenvalue weighted by atomic mass is 16.5. The molecule has 0 spiro atoms. The van der Waals surface area contributed by atoms with E-state index >= 15 is 0 Å². The van der Waals surface area contributed by atoms with Gasteiger partial charge in [-0.3, -0.25) is 0 Å². The number of aromatic nitrogens is 2. The molecule has 1 heterocycles. The van der Waals surface area contributed by atoms with Gasteiger partial charge in [-0.05, 0) is 26.1 Å². The molecule has 1 aromatic heterocycles. The first-order valence-corrected chi connectivity index (χ1v) is 5.92. The third kappa shape index (κ3) is 2.68. The van der Waals surface area contributed by atoms with Gasteiger partial charge in [0.1, 0.15) is 11.5 Å². The van der Waals surface area contributed by atoms with E-state index in [4.69, 9.17) is 13.9 Å². The Morgan fingerprint density at radius 2 is 2.00 bits per heavy atom. The Bertz CT molecular complexity index is 554. The molecule has 2 aromatic rings. The van der Waals surface area contributed by atoms with E-state index in [1.54, 1.807) is 20.3 Å². The average Bonchev–Trinajstić information content (AvgIpc) is 2.95. The number of benzene rings is 1. The highest BCUT2D eigenvalue weighted by molar-refractivity contribution is 5.64. The minimum Gasteiger partial charge on any atom is -0.497 e.